The molecule has 2 fully saturated rings. The van der Waals surface area contributed by atoms with Crippen molar-refractivity contribution in [3.63, 3.8) is 0 Å². The van der Waals surface area contributed by atoms with Crippen LogP contribution in [0.1, 0.15) is 99.8 Å². The molecule has 2 saturated carbocycles. The molecule has 0 N–H and O–H groups in total. The van der Waals surface area contributed by atoms with E-state index in [2.05, 4.69) is 20.8 Å². The molecule has 0 aliphatic heterocycles. The Labute approximate surface area is 140 Å². The summed E-state index contributed by atoms with van der Waals surface area (Å²) in [5.41, 5.74) is 0.629. The number of unbranched alkanes of at least 4 members (excludes halogenated alkanes) is 1. The summed E-state index contributed by atoms with van der Waals surface area (Å²) < 4.78 is 4.79. The van der Waals surface area contributed by atoms with Gasteiger partial charge in [-0.2, -0.15) is 0 Å². The average Bonchev–Trinajstić information content (AvgIpc) is 2.57. The number of carbonyl (C=O) groups is 1. The number of hydrogen-bond acceptors (Lipinski definition) is 2. The summed E-state index contributed by atoms with van der Waals surface area (Å²) >= 11 is 0. The lowest BCUT2D eigenvalue weighted by Crippen LogP contribution is -2.40. The molecule has 134 valence electrons. The van der Waals surface area contributed by atoms with Crippen LogP contribution < -0.4 is 0 Å². The fourth-order valence-corrected chi connectivity index (χ4v) is 3.46. The highest BCUT2D eigenvalue weighted by atomic mass is 16.5. The van der Waals surface area contributed by atoms with E-state index in [-0.39, 0.29) is 11.9 Å². The van der Waals surface area contributed by atoms with Crippen molar-refractivity contribution in [2.75, 3.05) is 7.11 Å². The van der Waals surface area contributed by atoms with Crippen molar-refractivity contribution in [1.29, 1.82) is 0 Å². The largest absolute Gasteiger partial charge is 0.469 e. The van der Waals surface area contributed by atoms with Gasteiger partial charge < -0.3 is 4.74 Å². The van der Waals surface area contributed by atoms with Gasteiger partial charge in [0.25, 0.3) is 0 Å². The van der Waals surface area contributed by atoms with Crippen molar-refractivity contribution in [2.24, 2.45) is 17.3 Å². The Morgan fingerprint density at radius 1 is 1.00 bits per heavy atom. The van der Waals surface area contributed by atoms with Gasteiger partial charge in [0.1, 0.15) is 0 Å². The van der Waals surface area contributed by atoms with Crippen LogP contribution in [0.4, 0.5) is 0 Å². The molecule has 0 saturated heterocycles. The van der Waals surface area contributed by atoms with Crippen molar-refractivity contribution in [2.45, 2.75) is 99.8 Å². The number of ether oxygens (including phenoxy) is 1. The summed E-state index contributed by atoms with van der Waals surface area (Å²) in [6, 6.07) is 0. The highest BCUT2D eigenvalue weighted by molar-refractivity contribution is 5.72. The van der Waals surface area contributed by atoms with Crippen LogP contribution in [0.2, 0.25) is 0 Å². The zero-order chi connectivity index (χ0) is 17.6. The molecule has 2 heteroatoms. The zero-order valence-electron chi connectivity index (χ0n) is 16.6. The van der Waals surface area contributed by atoms with Gasteiger partial charge in [-0.15, -0.1) is 0 Å². The smallest absolute Gasteiger partial charge is 0.308 e. The Hall–Kier alpha value is -0.530. The molecule has 0 aromatic carbocycles. The van der Waals surface area contributed by atoms with E-state index < -0.39 is 0 Å². The van der Waals surface area contributed by atoms with Gasteiger partial charge in [0.15, 0.2) is 0 Å². The predicted molar refractivity (Wildman–Crippen MR) is 98.1 cm³/mol. The maximum Gasteiger partial charge on any atom is 0.308 e. The minimum absolute atomic E-state index is 0.00669. The highest BCUT2D eigenvalue weighted by Crippen LogP contribution is 2.55. The van der Waals surface area contributed by atoms with Crippen LogP contribution in [0, 0.1) is 17.3 Å². The summed E-state index contributed by atoms with van der Waals surface area (Å²) in [5.74, 6) is 1.12. The van der Waals surface area contributed by atoms with Gasteiger partial charge in [-0.25, -0.2) is 0 Å². The molecule has 2 aliphatic carbocycles. The molecule has 2 rings (SSSR count). The Morgan fingerprint density at radius 2 is 1.41 bits per heavy atom. The average molecular weight is 315 g/mol. The van der Waals surface area contributed by atoms with E-state index in [1.165, 1.54) is 45.6 Å². The third-order valence-corrected chi connectivity index (χ3v) is 4.64. The normalized spacial score (nSPS) is 28.5. The molecule has 0 unspecified atom stereocenters. The molecule has 0 atom stereocenters. The van der Waals surface area contributed by atoms with E-state index in [1.807, 2.05) is 27.7 Å². The van der Waals surface area contributed by atoms with Gasteiger partial charge in [0, 0.05) is 0 Å². The summed E-state index contributed by atoms with van der Waals surface area (Å²) in [4.78, 5) is 11.3. The molecule has 0 heterocycles. The van der Waals surface area contributed by atoms with Crippen LogP contribution in [0.25, 0.3) is 0 Å². The maximum atomic E-state index is 11.3. The number of rotatable bonds is 2. The van der Waals surface area contributed by atoms with Gasteiger partial charge >= 0.3 is 5.97 Å². The topological polar surface area (TPSA) is 26.3 Å². The monoisotopic (exact) mass is 314 g/mol. The lowest BCUT2D eigenvalue weighted by molar-refractivity contribution is -0.148. The molecular formula is C20H42O2. The first kappa shape index (κ1) is 23.7. The molecule has 0 amide bonds. The quantitative estimate of drug-likeness (QED) is 0.535. The number of esters is 1. The van der Waals surface area contributed by atoms with Gasteiger partial charge in [-0.1, -0.05) is 61.3 Å². The zero-order valence-corrected chi connectivity index (χ0v) is 16.6. The van der Waals surface area contributed by atoms with Gasteiger partial charge in [-0.3, -0.25) is 4.79 Å². The second-order valence-electron chi connectivity index (χ2n) is 6.31. The standard InChI is InChI=1S/C12H20O2.C4H10.2C2H6/c1-9-7-12(8-9)5-3-10(4-6-12)11(13)14-2;1-3-4-2;2*1-2/h9-10H,3-8H2,1-2H3;3-4H2,1-2H3;2*1-2H3. The lowest BCUT2D eigenvalue weighted by Gasteiger charge is -2.50. The number of methoxy groups -OCH3 is 1. The first-order valence-corrected chi connectivity index (χ1v) is 9.64. The fourth-order valence-electron chi connectivity index (χ4n) is 3.46. The summed E-state index contributed by atoms with van der Waals surface area (Å²) in [6.07, 6.45) is 10.0. The third-order valence-electron chi connectivity index (χ3n) is 4.64. The van der Waals surface area contributed by atoms with Gasteiger partial charge in [0.05, 0.1) is 13.0 Å². The SMILES string of the molecule is CC.CC.CCCC.COC(=O)C1CCC2(CC1)CC(C)C2. The highest BCUT2D eigenvalue weighted by Gasteiger charge is 2.45. The van der Waals surface area contributed by atoms with Crippen molar-refractivity contribution < 1.29 is 9.53 Å². The van der Waals surface area contributed by atoms with Crippen molar-refractivity contribution in [3.05, 3.63) is 0 Å². The first-order valence-electron chi connectivity index (χ1n) is 9.64. The molecule has 0 radical (unpaired) electrons. The summed E-state index contributed by atoms with van der Waals surface area (Å²) in [7, 11) is 1.50. The number of hydrogen-bond donors (Lipinski definition) is 0. The third kappa shape index (κ3) is 8.19. The van der Waals surface area contributed by atoms with Crippen LogP contribution >= 0.6 is 0 Å². The van der Waals surface area contributed by atoms with E-state index in [0.717, 1.165) is 18.8 Å². The minimum atomic E-state index is 0.00669. The van der Waals surface area contributed by atoms with Gasteiger partial charge in [0.2, 0.25) is 0 Å². The van der Waals surface area contributed by atoms with Crippen LogP contribution in [0.3, 0.4) is 0 Å². The fraction of sp³-hybridized carbons (Fsp3) is 0.950. The maximum absolute atomic E-state index is 11.3. The molecule has 1 spiro atoms. The summed E-state index contributed by atoms with van der Waals surface area (Å²) in [6.45, 7) is 14.7. The number of carbonyl (C=O) groups excluding carboxylic acids is 1. The molecule has 2 aliphatic rings. The molecule has 0 bridgehead atoms. The Kier molecular flexibility index (Phi) is 15.2. The molecule has 0 aromatic heterocycles. The van der Waals surface area contributed by atoms with Crippen LogP contribution in [-0.2, 0) is 9.53 Å². The Balaban J connectivity index is 0. The van der Waals surface area contributed by atoms with Gasteiger partial charge in [-0.05, 0) is 49.9 Å². The molecule has 2 nitrogen and oxygen atoms in total. The minimum Gasteiger partial charge on any atom is -0.469 e. The van der Waals surface area contributed by atoms with E-state index in [9.17, 15) is 4.79 Å². The second-order valence-corrected chi connectivity index (χ2v) is 6.31. The second kappa shape index (κ2) is 14.1. The Morgan fingerprint density at radius 3 is 1.68 bits per heavy atom. The van der Waals surface area contributed by atoms with Crippen molar-refractivity contribution >= 4 is 5.97 Å². The summed E-state index contributed by atoms with van der Waals surface area (Å²) in [5, 5.41) is 0. The Bertz CT molecular complexity index is 242. The van der Waals surface area contributed by atoms with E-state index in [1.54, 1.807) is 0 Å². The molecular weight excluding hydrogens is 272 g/mol. The van der Waals surface area contributed by atoms with Crippen LogP contribution in [0.5, 0.6) is 0 Å². The van der Waals surface area contributed by atoms with Crippen molar-refractivity contribution in [3.8, 4) is 0 Å². The molecule has 0 aromatic rings. The van der Waals surface area contributed by atoms with E-state index in [4.69, 9.17) is 4.74 Å². The van der Waals surface area contributed by atoms with Crippen LogP contribution in [0.15, 0.2) is 0 Å². The predicted octanol–water partition coefficient (Wildman–Crippen LogP) is 6.62. The van der Waals surface area contributed by atoms with E-state index in [0.29, 0.717) is 5.41 Å². The van der Waals surface area contributed by atoms with Crippen molar-refractivity contribution in [1.82, 2.24) is 0 Å². The van der Waals surface area contributed by atoms with Crippen LogP contribution in [-0.4, -0.2) is 13.1 Å². The molecule has 22 heavy (non-hydrogen) atoms. The first-order chi connectivity index (χ1) is 10.6. The van der Waals surface area contributed by atoms with E-state index >= 15 is 0 Å². The lowest BCUT2D eigenvalue weighted by atomic mass is 9.55.